The van der Waals surface area contributed by atoms with Crippen LogP contribution >= 0.6 is 11.6 Å². The summed E-state index contributed by atoms with van der Waals surface area (Å²) in [5.74, 6) is 0. The van der Waals surface area contributed by atoms with Crippen molar-refractivity contribution in [2.24, 2.45) is 0 Å². The van der Waals surface area contributed by atoms with Crippen molar-refractivity contribution < 1.29 is 8.42 Å². The van der Waals surface area contributed by atoms with E-state index in [1.807, 2.05) is 0 Å². The zero-order chi connectivity index (χ0) is 14.8. The lowest BCUT2D eigenvalue weighted by Crippen LogP contribution is -2.16. The second kappa shape index (κ2) is 5.36. The van der Waals surface area contributed by atoms with Gasteiger partial charge in [0.1, 0.15) is 11.0 Å². The molecular weight excluding hydrogens is 300 g/mol. The molecule has 0 radical (unpaired) electrons. The fourth-order valence-corrected chi connectivity index (χ4v) is 3.03. The van der Waals surface area contributed by atoms with E-state index in [9.17, 15) is 8.42 Å². The van der Waals surface area contributed by atoms with Crippen LogP contribution in [0.25, 0.3) is 0 Å². The highest BCUT2D eigenvalue weighted by molar-refractivity contribution is 7.92. The fourth-order valence-electron chi connectivity index (χ4n) is 1.53. The zero-order valence-corrected chi connectivity index (χ0v) is 11.6. The lowest BCUT2D eigenvalue weighted by atomic mass is 10.3. The Morgan fingerprint density at radius 1 is 1.30 bits per heavy atom. The number of nitriles is 1. The summed E-state index contributed by atoms with van der Waals surface area (Å²) >= 11 is 5.91. The number of aromatic nitrogens is 1. The third-order valence-electron chi connectivity index (χ3n) is 2.45. The van der Waals surface area contributed by atoms with Crippen LogP contribution in [0.1, 0.15) is 5.69 Å². The lowest BCUT2D eigenvalue weighted by molar-refractivity contribution is 0.600. The molecule has 3 N–H and O–H groups in total. The van der Waals surface area contributed by atoms with Crippen molar-refractivity contribution in [3.05, 3.63) is 47.2 Å². The number of rotatable bonds is 3. The molecule has 8 heteroatoms. The number of hydrogen-bond donors (Lipinski definition) is 2. The Balaban J connectivity index is 2.50. The number of hydrogen-bond acceptors (Lipinski definition) is 5. The van der Waals surface area contributed by atoms with Crippen molar-refractivity contribution in [3.8, 4) is 6.07 Å². The molecule has 0 spiro atoms. The summed E-state index contributed by atoms with van der Waals surface area (Å²) in [7, 11) is -4.00. The SMILES string of the molecule is N#Cc1ncccc1S(=O)(=O)Nc1c(N)cccc1Cl. The van der Waals surface area contributed by atoms with E-state index in [-0.39, 0.29) is 27.0 Å². The molecule has 1 heterocycles. The number of sulfonamides is 1. The van der Waals surface area contributed by atoms with Crippen LogP contribution in [0.3, 0.4) is 0 Å². The van der Waals surface area contributed by atoms with Crippen LogP contribution in [0.4, 0.5) is 11.4 Å². The van der Waals surface area contributed by atoms with E-state index in [1.165, 1.54) is 30.5 Å². The number of nitrogen functional groups attached to an aromatic ring is 1. The summed E-state index contributed by atoms with van der Waals surface area (Å²) in [4.78, 5) is 3.47. The number of nitrogens with zero attached hydrogens (tertiary/aromatic N) is 2. The Kier molecular flexibility index (Phi) is 3.79. The molecule has 0 saturated carbocycles. The van der Waals surface area contributed by atoms with Crippen LogP contribution in [-0.2, 0) is 10.0 Å². The van der Waals surface area contributed by atoms with Gasteiger partial charge in [0.2, 0.25) is 0 Å². The highest BCUT2D eigenvalue weighted by Crippen LogP contribution is 2.30. The molecule has 1 aromatic heterocycles. The molecule has 0 aliphatic heterocycles. The molecule has 0 saturated heterocycles. The molecule has 1 aromatic carbocycles. The van der Waals surface area contributed by atoms with E-state index in [1.54, 1.807) is 12.1 Å². The van der Waals surface area contributed by atoms with Crippen LogP contribution in [0.2, 0.25) is 5.02 Å². The van der Waals surface area contributed by atoms with Gasteiger partial charge in [-0.1, -0.05) is 17.7 Å². The maximum Gasteiger partial charge on any atom is 0.264 e. The smallest absolute Gasteiger partial charge is 0.264 e. The number of benzene rings is 1. The van der Waals surface area contributed by atoms with Crippen molar-refractivity contribution in [3.63, 3.8) is 0 Å². The van der Waals surface area contributed by atoms with E-state index in [0.29, 0.717) is 0 Å². The predicted octanol–water partition coefficient (Wildman–Crippen LogP) is 1.99. The Hall–Kier alpha value is -2.30. The van der Waals surface area contributed by atoms with Gasteiger partial charge in [-0.15, -0.1) is 0 Å². The quantitative estimate of drug-likeness (QED) is 0.843. The topological polar surface area (TPSA) is 109 Å². The summed E-state index contributed by atoms with van der Waals surface area (Å²) < 4.78 is 26.8. The van der Waals surface area contributed by atoms with E-state index in [2.05, 4.69) is 9.71 Å². The van der Waals surface area contributed by atoms with Crippen LogP contribution in [0.5, 0.6) is 0 Å². The summed E-state index contributed by atoms with van der Waals surface area (Å²) in [5, 5.41) is 9.06. The first-order chi connectivity index (χ1) is 9.45. The van der Waals surface area contributed by atoms with Gasteiger partial charge in [0.25, 0.3) is 10.0 Å². The first-order valence-electron chi connectivity index (χ1n) is 5.37. The predicted molar refractivity (Wildman–Crippen MR) is 75.6 cm³/mol. The number of para-hydroxylation sites is 1. The first-order valence-corrected chi connectivity index (χ1v) is 7.24. The molecule has 0 atom stereocenters. The van der Waals surface area contributed by atoms with E-state index in [4.69, 9.17) is 22.6 Å². The minimum atomic E-state index is -4.00. The monoisotopic (exact) mass is 308 g/mol. The Labute approximate surface area is 120 Å². The molecular formula is C12H9ClN4O2S. The largest absolute Gasteiger partial charge is 0.397 e. The third-order valence-corrected chi connectivity index (χ3v) is 4.14. The lowest BCUT2D eigenvalue weighted by Gasteiger charge is -2.12. The van der Waals surface area contributed by atoms with E-state index < -0.39 is 10.0 Å². The summed E-state index contributed by atoms with van der Waals surface area (Å²) in [6, 6.07) is 9.04. The van der Waals surface area contributed by atoms with Gasteiger partial charge in [-0.25, -0.2) is 13.4 Å². The molecule has 2 aromatic rings. The Morgan fingerprint density at radius 2 is 2.05 bits per heavy atom. The van der Waals surface area contributed by atoms with Crippen molar-refractivity contribution >= 4 is 33.0 Å². The number of halogens is 1. The molecule has 0 aliphatic carbocycles. The van der Waals surface area contributed by atoms with E-state index in [0.717, 1.165) is 0 Å². The molecule has 0 aliphatic rings. The van der Waals surface area contributed by atoms with Crippen molar-refractivity contribution in [2.75, 3.05) is 10.5 Å². The molecule has 102 valence electrons. The molecule has 6 nitrogen and oxygen atoms in total. The maximum atomic E-state index is 12.3. The van der Waals surface area contributed by atoms with Crippen LogP contribution < -0.4 is 10.5 Å². The van der Waals surface area contributed by atoms with Crippen LogP contribution in [-0.4, -0.2) is 13.4 Å². The van der Waals surface area contributed by atoms with Crippen LogP contribution in [0.15, 0.2) is 41.4 Å². The van der Waals surface area contributed by atoms with Gasteiger partial charge in [-0.3, -0.25) is 4.72 Å². The van der Waals surface area contributed by atoms with Gasteiger partial charge in [0, 0.05) is 6.20 Å². The number of nitrogens with two attached hydrogens (primary N) is 1. The highest BCUT2D eigenvalue weighted by atomic mass is 35.5. The number of anilines is 2. The van der Waals surface area contributed by atoms with Gasteiger partial charge in [0.05, 0.1) is 16.4 Å². The molecule has 2 rings (SSSR count). The van der Waals surface area contributed by atoms with Gasteiger partial charge in [-0.05, 0) is 24.3 Å². The summed E-state index contributed by atoms with van der Waals surface area (Å²) in [5.41, 5.74) is 5.74. The van der Waals surface area contributed by atoms with E-state index >= 15 is 0 Å². The second-order valence-electron chi connectivity index (χ2n) is 3.77. The summed E-state index contributed by atoms with van der Waals surface area (Å²) in [6.07, 6.45) is 1.33. The second-order valence-corrected chi connectivity index (χ2v) is 5.83. The van der Waals surface area contributed by atoms with Gasteiger partial charge in [0.15, 0.2) is 5.69 Å². The highest BCUT2D eigenvalue weighted by Gasteiger charge is 2.21. The van der Waals surface area contributed by atoms with Crippen LogP contribution in [0, 0.1) is 11.3 Å². The fraction of sp³-hybridized carbons (Fsp3) is 0. The van der Waals surface area contributed by atoms with Gasteiger partial charge >= 0.3 is 0 Å². The first kappa shape index (κ1) is 14.1. The zero-order valence-electron chi connectivity index (χ0n) is 10.0. The number of nitrogens with one attached hydrogen (secondary N) is 1. The average Bonchev–Trinajstić information content (AvgIpc) is 2.43. The Morgan fingerprint density at radius 3 is 2.70 bits per heavy atom. The molecule has 20 heavy (non-hydrogen) atoms. The Bertz CT molecular complexity index is 779. The standard InChI is InChI=1S/C12H9ClN4O2S/c13-8-3-1-4-9(15)12(8)17-20(18,19)11-5-2-6-16-10(11)7-14/h1-6,17H,15H2. The van der Waals surface area contributed by atoms with Crippen molar-refractivity contribution in [1.82, 2.24) is 4.98 Å². The third kappa shape index (κ3) is 2.66. The molecule has 0 amide bonds. The molecule has 0 unspecified atom stereocenters. The molecule has 0 bridgehead atoms. The summed E-state index contributed by atoms with van der Waals surface area (Å²) in [6.45, 7) is 0. The molecule has 0 fully saturated rings. The minimum Gasteiger partial charge on any atom is -0.397 e. The minimum absolute atomic E-state index is 0.0712. The average molecular weight is 309 g/mol. The van der Waals surface area contributed by atoms with Crippen molar-refractivity contribution in [2.45, 2.75) is 4.90 Å². The maximum absolute atomic E-state index is 12.3. The van der Waals surface area contributed by atoms with Gasteiger partial charge < -0.3 is 5.73 Å². The number of pyridine rings is 1. The van der Waals surface area contributed by atoms with Crippen molar-refractivity contribution in [1.29, 1.82) is 5.26 Å². The van der Waals surface area contributed by atoms with Gasteiger partial charge in [-0.2, -0.15) is 5.26 Å². The normalized spacial score (nSPS) is 10.8.